The third kappa shape index (κ3) is 4.62. The molecule has 0 spiro atoms. The van der Waals surface area contributed by atoms with E-state index in [0.29, 0.717) is 18.3 Å². The molecule has 0 bridgehead atoms. The molecular weight excluding hydrogens is 243 g/mol. The fourth-order valence-corrected chi connectivity index (χ4v) is 1.96. The summed E-state index contributed by atoms with van der Waals surface area (Å²) in [6, 6.07) is 3.35. The van der Waals surface area contributed by atoms with Crippen molar-refractivity contribution in [1.29, 1.82) is 0 Å². The number of rotatable bonds is 8. The molecule has 1 unspecified atom stereocenters. The van der Waals surface area contributed by atoms with Gasteiger partial charge in [0.1, 0.15) is 0 Å². The third-order valence-corrected chi connectivity index (χ3v) is 3.06. The molecule has 108 valence electrons. The van der Waals surface area contributed by atoms with E-state index in [1.165, 1.54) is 6.07 Å². The molecular formula is C15H25FN2O. The monoisotopic (exact) mass is 268 g/mol. The Labute approximate surface area is 115 Å². The predicted octanol–water partition coefficient (Wildman–Crippen LogP) is 4.19. The molecule has 0 aliphatic carbocycles. The summed E-state index contributed by atoms with van der Waals surface area (Å²) in [6.45, 7) is 6.77. The highest BCUT2D eigenvalue weighted by Crippen LogP contribution is 2.29. The molecule has 0 aliphatic heterocycles. The lowest BCUT2D eigenvalue weighted by atomic mass is 10.1. The minimum Gasteiger partial charge on any atom is -0.490 e. The molecule has 1 atom stereocenters. The van der Waals surface area contributed by atoms with Gasteiger partial charge in [-0.1, -0.05) is 27.2 Å². The van der Waals surface area contributed by atoms with Crippen LogP contribution in [0.2, 0.25) is 0 Å². The van der Waals surface area contributed by atoms with E-state index in [2.05, 4.69) is 19.2 Å². The second-order valence-electron chi connectivity index (χ2n) is 4.76. The zero-order valence-electron chi connectivity index (χ0n) is 12.1. The maximum atomic E-state index is 13.7. The maximum absolute atomic E-state index is 13.7. The van der Waals surface area contributed by atoms with Crippen LogP contribution >= 0.6 is 0 Å². The lowest BCUT2D eigenvalue weighted by molar-refractivity contribution is 0.301. The van der Waals surface area contributed by atoms with Crippen molar-refractivity contribution in [2.45, 2.75) is 52.5 Å². The molecule has 1 aromatic rings. The van der Waals surface area contributed by atoms with Crippen molar-refractivity contribution in [2.75, 3.05) is 17.7 Å². The average molecular weight is 268 g/mol. The molecule has 0 aromatic heterocycles. The van der Waals surface area contributed by atoms with Gasteiger partial charge in [0.2, 0.25) is 0 Å². The van der Waals surface area contributed by atoms with Crippen molar-refractivity contribution in [3.63, 3.8) is 0 Å². The molecule has 0 saturated carbocycles. The van der Waals surface area contributed by atoms with Gasteiger partial charge in [0.15, 0.2) is 11.6 Å². The number of halogens is 1. The minimum absolute atomic E-state index is 0.268. The van der Waals surface area contributed by atoms with Gasteiger partial charge in [0.05, 0.1) is 18.0 Å². The Kier molecular flexibility index (Phi) is 6.46. The highest BCUT2D eigenvalue weighted by molar-refractivity contribution is 5.69. The topological polar surface area (TPSA) is 47.3 Å². The predicted molar refractivity (Wildman–Crippen MR) is 79.2 cm³/mol. The van der Waals surface area contributed by atoms with Crippen LogP contribution in [0.5, 0.6) is 5.75 Å². The Morgan fingerprint density at radius 3 is 2.58 bits per heavy atom. The smallest absolute Gasteiger partial charge is 0.167 e. The standard InChI is InChI=1S/C15H25FN2O/c1-4-7-11(6-3)18-14-10-15(19-8-5-2)12(16)9-13(14)17/h9-11,18H,4-8,17H2,1-3H3. The molecule has 0 amide bonds. The Morgan fingerprint density at radius 2 is 2.00 bits per heavy atom. The molecule has 0 radical (unpaired) electrons. The van der Waals surface area contributed by atoms with Crippen molar-refractivity contribution in [1.82, 2.24) is 0 Å². The zero-order chi connectivity index (χ0) is 14.3. The van der Waals surface area contributed by atoms with Crippen molar-refractivity contribution in [3.05, 3.63) is 17.9 Å². The number of ether oxygens (including phenoxy) is 1. The number of nitrogen functional groups attached to an aromatic ring is 1. The maximum Gasteiger partial charge on any atom is 0.167 e. The van der Waals surface area contributed by atoms with E-state index in [9.17, 15) is 4.39 Å². The van der Waals surface area contributed by atoms with Gasteiger partial charge in [-0.15, -0.1) is 0 Å². The van der Waals surface area contributed by atoms with E-state index < -0.39 is 5.82 Å². The van der Waals surface area contributed by atoms with Crippen LogP contribution in [0.3, 0.4) is 0 Å². The first-order chi connectivity index (χ1) is 9.12. The molecule has 1 aromatic carbocycles. The fourth-order valence-electron chi connectivity index (χ4n) is 1.96. The van der Waals surface area contributed by atoms with Crippen LogP contribution in [-0.2, 0) is 0 Å². The summed E-state index contributed by atoms with van der Waals surface area (Å²) in [6.07, 6.45) is 4.03. The van der Waals surface area contributed by atoms with E-state index in [4.69, 9.17) is 10.5 Å². The van der Waals surface area contributed by atoms with Crippen molar-refractivity contribution < 1.29 is 9.13 Å². The molecule has 19 heavy (non-hydrogen) atoms. The molecule has 0 heterocycles. The number of anilines is 2. The zero-order valence-corrected chi connectivity index (χ0v) is 12.1. The van der Waals surface area contributed by atoms with E-state index in [1.807, 2.05) is 6.92 Å². The van der Waals surface area contributed by atoms with E-state index in [-0.39, 0.29) is 5.75 Å². The first-order valence-corrected chi connectivity index (χ1v) is 7.10. The van der Waals surface area contributed by atoms with E-state index in [0.717, 1.165) is 31.4 Å². The van der Waals surface area contributed by atoms with Crippen LogP contribution in [0, 0.1) is 5.82 Å². The molecule has 3 N–H and O–H groups in total. The van der Waals surface area contributed by atoms with E-state index in [1.54, 1.807) is 6.07 Å². The highest BCUT2D eigenvalue weighted by Gasteiger charge is 2.12. The van der Waals surface area contributed by atoms with Crippen LogP contribution in [0.1, 0.15) is 46.5 Å². The van der Waals surface area contributed by atoms with Gasteiger partial charge in [-0.05, 0) is 19.3 Å². The molecule has 0 saturated heterocycles. The average Bonchev–Trinajstić information content (AvgIpc) is 2.39. The number of nitrogens with one attached hydrogen (secondary N) is 1. The van der Waals surface area contributed by atoms with Gasteiger partial charge in [0, 0.05) is 18.2 Å². The van der Waals surface area contributed by atoms with Gasteiger partial charge >= 0.3 is 0 Å². The summed E-state index contributed by atoms with van der Waals surface area (Å²) in [5.74, 6) is -0.134. The summed E-state index contributed by atoms with van der Waals surface area (Å²) in [4.78, 5) is 0. The normalized spacial score (nSPS) is 12.2. The first-order valence-electron chi connectivity index (χ1n) is 7.10. The summed E-state index contributed by atoms with van der Waals surface area (Å²) in [7, 11) is 0. The molecule has 0 fully saturated rings. The number of nitrogens with two attached hydrogens (primary N) is 1. The SMILES string of the molecule is CCCOc1cc(NC(CC)CCC)c(N)cc1F. The summed E-state index contributed by atoms with van der Waals surface area (Å²) in [5, 5.41) is 3.37. The van der Waals surface area contributed by atoms with Crippen LogP contribution in [0.15, 0.2) is 12.1 Å². The van der Waals surface area contributed by atoms with Gasteiger partial charge in [-0.3, -0.25) is 0 Å². The summed E-state index contributed by atoms with van der Waals surface area (Å²) >= 11 is 0. The van der Waals surface area contributed by atoms with Crippen molar-refractivity contribution >= 4 is 11.4 Å². The Morgan fingerprint density at radius 1 is 1.26 bits per heavy atom. The fraction of sp³-hybridized carbons (Fsp3) is 0.600. The summed E-state index contributed by atoms with van der Waals surface area (Å²) in [5.41, 5.74) is 7.04. The lowest BCUT2D eigenvalue weighted by Gasteiger charge is -2.20. The Hall–Kier alpha value is -1.45. The molecule has 4 heteroatoms. The molecule has 1 rings (SSSR count). The molecule has 0 aliphatic rings. The Bertz CT molecular complexity index is 396. The van der Waals surface area contributed by atoms with Crippen LogP contribution in [-0.4, -0.2) is 12.6 Å². The van der Waals surface area contributed by atoms with E-state index >= 15 is 0 Å². The van der Waals surface area contributed by atoms with Gasteiger partial charge in [-0.2, -0.15) is 0 Å². The first kappa shape index (κ1) is 15.6. The van der Waals surface area contributed by atoms with Crippen LogP contribution in [0.25, 0.3) is 0 Å². The second kappa shape index (κ2) is 7.87. The third-order valence-electron chi connectivity index (χ3n) is 3.06. The van der Waals surface area contributed by atoms with Crippen LogP contribution < -0.4 is 15.8 Å². The van der Waals surface area contributed by atoms with Crippen molar-refractivity contribution in [2.24, 2.45) is 0 Å². The quantitative estimate of drug-likeness (QED) is 0.695. The number of benzene rings is 1. The Balaban J connectivity index is 2.86. The summed E-state index contributed by atoms with van der Waals surface area (Å²) < 4.78 is 19.1. The van der Waals surface area contributed by atoms with Crippen LogP contribution in [0.4, 0.5) is 15.8 Å². The number of hydrogen-bond acceptors (Lipinski definition) is 3. The minimum atomic E-state index is -0.403. The van der Waals surface area contributed by atoms with Gasteiger partial charge < -0.3 is 15.8 Å². The van der Waals surface area contributed by atoms with Gasteiger partial charge in [0.25, 0.3) is 0 Å². The second-order valence-corrected chi connectivity index (χ2v) is 4.76. The number of hydrogen-bond donors (Lipinski definition) is 2. The van der Waals surface area contributed by atoms with Gasteiger partial charge in [-0.25, -0.2) is 4.39 Å². The highest BCUT2D eigenvalue weighted by atomic mass is 19.1. The van der Waals surface area contributed by atoms with Crippen molar-refractivity contribution in [3.8, 4) is 5.75 Å². The lowest BCUT2D eigenvalue weighted by Crippen LogP contribution is -2.19. The largest absolute Gasteiger partial charge is 0.490 e. The molecule has 3 nitrogen and oxygen atoms in total.